The molecule has 6 heteroatoms. The number of rotatable bonds is 58. The van der Waals surface area contributed by atoms with Crippen LogP contribution in [0.25, 0.3) is 0 Å². The molecule has 0 aromatic heterocycles. The van der Waals surface area contributed by atoms with Crippen LogP contribution in [0.1, 0.15) is 303 Å². The van der Waals surface area contributed by atoms with Gasteiger partial charge in [0.2, 0.25) is 0 Å². The highest BCUT2D eigenvalue weighted by Crippen LogP contribution is 2.16. The molecule has 0 fully saturated rings. The Morgan fingerprint density at radius 3 is 0.792 bits per heavy atom. The molecule has 440 valence electrons. The van der Waals surface area contributed by atoms with Crippen molar-refractivity contribution in [3.8, 4) is 0 Å². The summed E-state index contributed by atoms with van der Waals surface area (Å²) in [6, 6.07) is 0. The van der Waals surface area contributed by atoms with Crippen LogP contribution >= 0.6 is 0 Å². The van der Waals surface area contributed by atoms with E-state index >= 15 is 0 Å². The minimum absolute atomic E-state index is 0.0850. The summed E-state index contributed by atoms with van der Waals surface area (Å²) < 4.78 is 16.9. The van der Waals surface area contributed by atoms with Crippen molar-refractivity contribution < 1.29 is 28.6 Å². The van der Waals surface area contributed by atoms with E-state index in [0.717, 1.165) is 122 Å². The zero-order chi connectivity index (χ0) is 55.7. The van der Waals surface area contributed by atoms with E-state index in [1.807, 2.05) is 0 Å². The lowest BCUT2D eigenvalue weighted by molar-refractivity contribution is -0.167. The molecule has 1 atom stereocenters. The van der Waals surface area contributed by atoms with Crippen molar-refractivity contribution in [2.45, 2.75) is 309 Å². The van der Waals surface area contributed by atoms with Crippen LogP contribution < -0.4 is 0 Å². The van der Waals surface area contributed by atoms with Crippen molar-refractivity contribution in [1.29, 1.82) is 0 Å². The average molecular weight is 1070 g/mol. The molecule has 0 heterocycles. The van der Waals surface area contributed by atoms with Gasteiger partial charge in [-0.25, -0.2) is 0 Å². The number of allylic oxidation sites excluding steroid dienone is 18. The molecule has 0 aromatic rings. The number of hydrogen-bond acceptors (Lipinski definition) is 6. The maximum absolute atomic E-state index is 12.9. The zero-order valence-electron chi connectivity index (χ0n) is 50.4. The van der Waals surface area contributed by atoms with Crippen LogP contribution in [-0.4, -0.2) is 37.2 Å². The van der Waals surface area contributed by atoms with Crippen LogP contribution in [-0.2, 0) is 28.6 Å². The summed E-state index contributed by atoms with van der Waals surface area (Å²) in [4.78, 5) is 38.2. The summed E-state index contributed by atoms with van der Waals surface area (Å²) in [6.07, 6.45) is 88.1. The van der Waals surface area contributed by atoms with Crippen LogP contribution in [0.2, 0.25) is 0 Å². The second kappa shape index (κ2) is 64.6. The SMILES string of the molecule is CC/C=C\C/C=C\C/C=C\C/C=C\C/C=C\C/C=C\C/C=C\C/C=C\C/C=C\CCCCCC(=O)OCC(COC(=O)CCCCCCCCCCCCCC)OC(=O)CCCCCCCCCCCCCCCCCC. The van der Waals surface area contributed by atoms with Gasteiger partial charge in [-0.3, -0.25) is 14.4 Å². The Hall–Kier alpha value is -3.93. The third kappa shape index (κ3) is 62.8. The molecule has 0 aliphatic carbocycles. The van der Waals surface area contributed by atoms with Crippen LogP contribution in [0.15, 0.2) is 109 Å². The first kappa shape index (κ1) is 73.1. The lowest BCUT2D eigenvalue weighted by Crippen LogP contribution is -2.30. The highest BCUT2D eigenvalue weighted by molar-refractivity contribution is 5.71. The van der Waals surface area contributed by atoms with Gasteiger partial charge in [-0.2, -0.15) is 0 Å². The van der Waals surface area contributed by atoms with Crippen molar-refractivity contribution >= 4 is 17.9 Å². The fraction of sp³-hybridized carbons (Fsp3) is 0.704. The fourth-order valence-electron chi connectivity index (χ4n) is 8.97. The molecular weight excluding hydrogens is 949 g/mol. The number of esters is 3. The second-order valence-corrected chi connectivity index (χ2v) is 21.3. The van der Waals surface area contributed by atoms with E-state index in [4.69, 9.17) is 14.2 Å². The summed E-state index contributed by atoms with van der Waals surface area (Å²) in [7, 11) is 0. The Morgan fingerprint density at radius 1 is 0.273 bits per heavy atom. The van der Waals surface area contributed by atoms with E-state index in [9.17, 15) is 14.4 Å². The largest absolute Gasteiger partial charge is 0.462 e. The molecule has 0 aliphatic heterocycles. The van der Waals surface area contributed by atoms with Gasteiger partial charge in [0.05, 0.1) is 0 Å². The monoisotopic (exact) mass is 1070 g/mol. The molecule has 0 bridgehead atoms. The molecule has 0 aromatic carbocycles. The molecule has 77 heavy (non-hydrogen) atoms. The summed E-state index contributed by atoms with van der Waals surface area (Å²) in [5.41, 5.74) is 0. The molecule has 0 amide bonds. The zero-order valence-corrected chi connectivity index (χ0v) is 50.4. The van der Waals surface area contributed by atoms with Crippen LogP contribution in [0, 0.1) is 0 Å². The molecule has 1 unspecified atom stereocenters. The highest BCUT2D eigenvalue weighted by Gasteiger charge is 2.19. The Bertz CT molecular complexity index is 1560. The van der Waals surface area contributed by atoms with Crippen molar-refractivity contribution in [2.24, 2.45) is 0 Å². The topological polar surface area (TPSA) is 78.9 Å². The normalized spacial score (nSPS) is 12.8. The second-order valence-electron chi connectivity index (χ2n) is 21.3. The van der Waals surface area contributed by atoms with E-state index in [2.05, 4.69) is 130 Å². The van der Waals surface area contributed by atoms with E-state index in [0.29, 0.717) is 19.3 Å². The predicted molar refractivity (Wildman–Crippen MR) is 334 cm³/mol. The predicted octanol–water partition coefficient (Wildman–Crippen LogP) is 22.2. The number of ether oxygens (including phenoxy) is 3. The van der Waals surface area contributed by atoms with Gasteiger partial charge < -0.3 is 14.2 Å². The van der Waals surface area contributed by atoms with Gasteiger partial charge in [0, 0.05) is 19.3 Å². The van der Waals surface area contributed by atoms with Gasteiger partial charge in [0.25, 0.3) is 0 Å². The Kier molecular flexibility index (Phi) is 61.3. The molecule has 0 spiro atoms. The van der Waals surface area contributed by atoms with Gasteiger partial charge in [-0.1, -0.05) is 304 Å². The minimum Gasteiger partial charge on any atom is -0.462 e. The van der Waals surface area contributed by atoms with E-state index in [-0.39, 0.29) is 31.1 Å². The first-order chi connectivity index (χ1) is 38.0. The van der Waals surface area contributed by atoms with Gasteiger partial charge in [0.1, 0.15) is 13.2 Å². The highest BCUT2D eigenvalue weighted by atomic mass is 16.6. The summed E-state index contributed by atoms with van der Waals surface area (Å²) in [6.45, 7) is 6.52. The maximum Gasteiger partial charge on any atom is 0.306 e. The van der Waals surface area contributed by atoms with Gasteiger partial charge in [-0.15, -0.1) is 0 Å². The first-order valence-corrected chi connectivity index (χ1v) is 32.4. The smallest absolute Gasteiger partial charge is 0.306 e. The van der Waals surface area contributed by atoms with Crippen LogP contribution in [0.4, 0.5) is 0 Å². The first-order valence-electron chi connectivity index (χ1n) is 32.4. The summed E-state index contributed by atoms with van der Waals surface area (Å²) >= 11 is 0. The Balaban J connectivity index is 4.34. The molecule has 0 N–H and O–H groups in total. The number of carbonyl (C=O) groups is 3. The lowest BCUT2D eigenvalue weighted by atomic mass is 10.0. The molecule has 0 saturated heterocycles. The third-order valence-electron chi connectivity index (χ3n) is 13.8. The van der Waals surface area contributed by atoms with E-state index < -0.39 is 6.10 Å². The molecule has 0 radical (unpaired) electrons. The van der Waals surface area contributed by atoms with Crippen LogP contribution in [0.5, 0.6) is 0 Å². The third-order valence-corrected chi connectivity index (χ3v) is 13.8. The van der Waals surface area contributed by atoms with Crippen molar-refractivity contribution in [3.63, 3.8) is 0 Å². The molecule has 6 nitrogen and oxygen atoms in total. The standard InChI is InChI=1S/C71H120O6/c1-4-7-10-13-16-19-22-25-27-29-30-31-32-33-34-35-36-37-38-39-40-41-42-43-45-46-49-52-55-58-61-64-70(73)76-67-68(66-75-69(72)63-60-57-54-51-48-24-21-18-15-12-9-6-3)77-71(74)65-62-59-56-53-50-47-44-28-26-23-20-17-14-11-8-5-2/h7,10,16,19,25,27,30-31,33-34,36-37,39-40,42-43,46,49,68H,4-6,8-9,11-15,17-18,20-24,26,28-29,32,35,38,41,44-45,47-48,50-67H2,1-3H3/b10-7-,19-16-,27-25-,31-30-,34-33-,37-36-,40-39-,43-42-,49-46-. The van der Waals surface area contributed by atoms with Gasteiger partial charge >= 0.3 is 17.9 Å². The number of hydrogen-bond donors (Lipinski definition) is 0. The summed E-state index contributed by atoms with van der Waals surface area (Å²) in [5, 5.41) is 0. The molecule has 0 saturated carbocycles. The lowest BCUT2D eigenvalue weighted by Gasteiger charge is -2.18. The minimum atomic E-state index is -0.790. The van der Waals surface area contributed by atoms with Gasteiger partial charge in [0.15, 0.2) is 6.10 Å². The van der Waals surface area contributed by atoms with E-state index in [1.165, 1.54) is 141 Å². The fourth-order valence-corrected chi connectivity index (χ4v) is 8.97. The maximum atomic E-state index is 12.9. The van der Waals surface area contributed by atoms with Crippen molar-refractivity contribution in [2.75, 3.05) is 13.2 Å². The number of unbranched alkanes of at least 4 members (excludes halogenated alkanes) is 29. The molecule has 0 rings (SSSR count). The Labute approximate surface area is 476 Å². The van der Waals surface area contributed by atoms with Gasteiger partial charge in [-0.05, 0) is 89.9 Å². The van der Waals surface area contributed by atoms with Crippen molar-refractivity contribution in [3.05, 3.63) is 109 Å². The molecule has 0 aliphatic rings. The van der Waals surface area contributed by atoms with Crippen LogP contribution in [0.3, 0.4) is 0 Å². The van der Waals surface area contributed by atoms with E-state index in [1.54, 1.807) is 0 Å². The quantitative estimate of drug-likeness (QED) is 0.0261. The average Bonchev–Trinajstić information content (AvgIpc) is 3.43. The Morgan fingerprint density at radius 2 is 0.506 bits per heavy atom. The number of carbonyl (C=O) groups excluding carboxylic acids is 3. The molecular formula is C71H120O6. The summed E-state index contributed by atoms with van der Waals surface area (Å²) in [5.74, 6) is -0.909. The van der Waals surface area contributed by atoms with Crippen molar-refractivity contribution in [1.82, 2.24) is 0 Å².